The summed E-state index contributed by atoms with van der Waals surface area (Å²) in [6.07, 6.45) is 7.83. The Morgan fingerprint density at radius 1 is 1.41 bits per heavy atom. The third kappa shape index (κ3) is 3.74. The standard InChI is InChI=1S/C19H23N5O3/c1-13-20-8-11-23(13)10-7-15-4-2-3-9-24(15)18(25)21-14-5-6-16-17(12-14)27-19(26)22-16/h5-6,8,11-12,15H,2-4,7,9-10H2,1H3,(H,21,25)(H,22,26)/t15-/m0/s1. The maximum absolute atomic E-state index is 12.8. The van der Waals surface area contributed by atoms with Crippen LogP contribution in [-0.2, 0) is 6.54 Å². The minimum atomic E-state index is -0.501. The summed E-state index contributed by atoms with van der Waals surface area (Å²) >= 11 is 0. The topological polar surface area (TPSA) is 96.2 Å². The molecule has 27 heavy (non-hydrogen) atoms. The lowest BCUT2D eigenvalue weighted by Crippen LogP contribution is -2.46. The number of oxazole rings is 1. The summed E-state index contributed by atoms with van der Waals surface area (Å²) in [4.78, 5) is 32.9. The van der Waals surface area contributed by atoms with E-state index in [1.54, 1.807) is 24.4 Å². The number of anilines is 1. The van der Waals surface area contributed by atoms with E-state index in [1.807, 2.05) is 18.0 Å². The Morgan fingerprint density at radius 3 is 3.11 bits per heavy atom. The van der Waals surface area contributed by atoms with Gasteiger partial charge in [0.1, 0.15) is 5.82 Å². The number of carbonyl (C=O) groups is 1. The normalized spacial score (nSPS) is 17.4. The molecule has 2 aromatic heterocycles. The number of aromatic nitrogens is 3. The van der Waals surface area contributed by atoms with Crippen molar-refractivity contribution in [3.05, 3.63) is 47.0 Å². The zero-order valence-electron chi connectivity index (χ0n) is 15.3. The van der Waals surface area contributed by atoms with Crippen LogP contribution in [0, 0.1) is 6.92 Å². The van der Waals surface area contributed by atoms with E-state index < -0.39 is 5.76 Å². The van der Waals surface area contributed by atoms with Crippen LogP contribution >= 0.6 is 0 Å². The zero-order valence-corrected chi connectivity index (χ0v) is 15.3. The largest absolute Gasteiger partial charge is 0.417 e. The first-order valence-corrected chi connectivity index (χ1v) is 9.28. The Bertz CT molecular complexity index is 1000. The van der Waals surface area contributed by atoms with Crippen molar-refractivity contribution in [2.45, 2.75) is 45.2 Å². The Hall–Kier alpha value is -3.03. The molecule has 1 fully saturated rings. The molecule has 0 saturated carbocycles. The number of piperidine rings is 1. The van der Waals surface area contributed by atoms with Gasteiger partial charge in [-0.3, -0.25) is 4.98 Å². The third-order valence-corrected chi connectivity index (χ3v) is 5.19. The molecule has 3 aromatic rings. The Morgan fingerprint density at radius 2 is 2.30 bits per heavy atom. The number of urea groups is 1. The van der Waals surface area contributed by atoms with Gasteiger partial charge in [0.05, 0.1) is 5.52 Å². The molecule has 2 N–H and O–H groups in total. The van der Waals surface area contributed by atoms with Crippen molar-refractivity contribution >= 4 is 22.8 Å². The van der Waals surface area contributed by atoms with Crippen molar-refractivity contribution in [1.82, 2.24) is 19.4 Å². The number of likely N-dealkylation sites (tertiary alicyclic amines) is 1. The lowest BCUT2D eigenvalue weighted by molar-refractivity contribution is 0.155. The molecule has 2 amide bonds. The average Bonchev–Trinajstić information content (AvgIpc) is 3.24. The fourth-order valence-electron chi connectivity index (χ4n) is 3.71. The molecule has 0 unspecified atom stereocenters. The van der Waals surface area contributed by atoms with E-state index in [4.69, 9.17) is 4.42 Å². The first-order chi connectivity index (χ1) is 13.1. The van der Waals surface area contributed by atoms with E-state index in [9.17, 15) is 9.59 Å². The van der Waals surface area contributed by atoms with Crippen molar-refractivity contribution < 1.29 is 9.21 Å². The molecule has 1 saturated heterocycles. The first kappa shape index (κ1) is 17.4. The summed E-state index contributed by atoms with van der Waals surface area (Å²) in [6, 6.07) is 5.25. The number of hydrogen-bond donors (Lipinski definition) is 2. The summed E-state index contributed by atoms with van der Waals surface area (Å²) < 4.78 is 7.18. The van der Waals surface area contributed by atoms with Gasteiger partial charge in [-0.25, -0.2) is 14.6 Å². The molecule has 1 aliphatic heterocycles. The van der Waals surface area contributed by atoms with Gasteiger partial charge in [-0.1, -0.05) is 0 Å². The Balaban J connectivity index is 1.44. The van der Waals surface area contributed by atoms with Crippen molar-refractivity contribution in [2.75, 3.05) is 11.9 Å². The fourth-order valence-corrected chi connectivity index (χ4v) is 3.71. The van der Waals surface area contributed by atoms with Crippen LogP contribution in [0.15, 0.2) is 39.8 Å². The van der Waals surface area contributed by atoms with E-state index in [2.05, 4.69) is 19.9 Å². The van der Waals surface area contributed by atoms with Gasteiger partial charge < -0.3 is 19.2 Å². The number of carbonyl (C=O) groups excluding carboxylic acids is 1. The molecule has 1 aromatic carbocycles. The lowest BCUT2D eigenvalue weighted by atomic mass is 9.99. The second-order valence-electron chi connectivity index (χ2n) is 6.96. The number of hydrogen-bond acceptors (Lipinski definition) is 4. The first-order valence-electron chi connectivity index (χ1n) is 9.28. The predicted molar refractivity (Wildman–Crippen MR) is 102 cm³/mol. The fraction of sp³-hybridized carbons (Fsp3) is 0.421. The van der Waals surface area contributed by atoms with Crippen LogP contribution in [0.1, 0.15) is 31.5 Å². The lowest BCUT2D eigenvalue weighted by Gasteiger charge is -2.36. The molecule has 0 radical (unpaired) electrons. The van der Waals surface area contributed by atoms with Crippen LogP contribution in [-0.4, -0.2) is 38.1 Å². The summed E-state index contributed by atoms with van der Waals surface area (Å²) in [5, 5.41) is 2.94. The molecular formula is C19H23N5O3. The van der Waals surface area contributed by atoms with E-state index in [-0.39, 0.29) is 12.1 Å². The summed E-state index contributed by atoms with van der Waals surface area (Å²) in [7, 11) is 0. The van der Waals surface area contributed by atoms with E-state index >= 15 is 0 Å². The minimum Gasteiger partial charge on any atom is -0.408 e. The number of imidazole rings is 1. The molecule has 1 atom stereocenters. The SMILES string of the molecule is Cc1nccn1CC[C@@H]1CCCCN1C(=O)Nc1ccc2[nH]c(=O)oc2c1. The van der Waals surface area contributed by atoms with Crippen molar-refractivity contribution in [2.24, 2.45) is 0 Å². The van der Waals surface area contributed by atoms with E-state index in [1.165, 1.54) is 0 Å². The van der Waals surface area contributed by atoms with Gasteiger partial charge >= 0.3 is 11.8 Å². The van der Waals surface area contributed by atoms with E-state index in [0.29, 0.717) is 16.8 Å². The number of aryl methyl sites for hydroxylation is 2. The Kier molecular flexibility index (Phi) is 4.70. The molecule has 8 heteroatoms. The average molecular weight is 369 g/mol. The molecule has 0 bridgehead atoms. The molecular weight excluding hydrogens is 346 g/mol. The predicted octanol–water partition coefficient (Wildman–Crippen LogP) is 3.10. The Labute approximate surface area is 156 Å². The molecule has 1 aliphatic rings. The summed E-state index contributed by atoms with van der Waals surface area (Å²) in [5.41, 5.74) is 1.66. The van der Waals surface area contributed by atoms with Crippen LogP contribution in [0.5, 0.6) is 0 Å². The van der Waals surface area contributed by atoms with Gasteiger partial charge in [-0.15, -0.1) is 0 Å². The third-order valence-electron chi connectivity index (χ3n) is 5.19. The number of rotatable bonds is 4. The van der Waals surface area contributed by atoms with Crippen LogP contribution < -0.4 is 11.1 Å². The molecule has 0 spiro atoms. The van der Waals surface area contributed by atoms with Gasteiger partial charge in [-0.05, 0) is 44.7 Å². The number of aromatic amines is 1. The summed E-state index contributed by atoms with van der Waals surface area (Å²) in [5.74, 6) is 0.488. The second-order valence-corrected chi connectivity index (χ2v) is 6.96. The van der Waals surface area contributed by atoms with Crippen molar-refractivity contribution in [1.29, 1.82) is 0 Å². The quantitative estimate of drug-likeness (QED) is 0.738. The number of nitrogens with one attached hydrogen (secondary N) is 2. The number of benzene rings is 1. The zero-order chi connectivity index (χ0) is 18.8. The van der Waals surface area contributed by atoms with Gasteiger partial charge in [-0.2, -0.15) is 0 Å². The highest BCUT2D eigenvalue weighted by Gasteiger charge is 2.26. The summed E-state index contributed by atoms with van der Waals surface area (Å²) in [6.45, 7) is 3.59. The maximum atomic E-state index is 12.8. The smallest absolute Gasteiger partial charge is 0.408 e. The van der Waals surface area contributed by atoms with Gasteiger partial charge in [0.15, 0.2) is 5.58 Å². The van der Waals surface area contributed by atoms with Crippen LogP contribution in [0.2, 0.25) is 0 Å². The number of H-pyrrole nitrogens is 1. The van der Waals surface area contributed by atoms with Crippen molar-refractivity contribution in [3.63, 3.8) is 0 Å². The monoisotopic (exact) mass is 369 g/mol. The highest BCUT2D eigenvalue weighted by molar-refractivity contribution is 5.91. The highest BCUT2D eigenvalue weighted by Crippen LogP contribution is 2.23. The van der Waals surface area contributed by atoms with E-state index in [0.717, 1.165) is 44.6 Å². The number of fused-ring (bicyclic) bond motifs is 1. The molecule has 142 valence electrons. The molecule has 8 nitrogen and oxygen atoms in total. The highest BCUT2D eigenvalue weighted by atomic mass is 16.4. The van der Waals surface area contributed by atoms with Crippen LogP contribution in [0.3, 0.4) is 0 Å². The number of amides is 2. The molecule has 4 rings (SSSR count). The minimum absolute atomic E-state index is 0.112. The van der Waals surface area contributed by atoms with Gasteiger partial charge in [0.25, 0.3) is 0 Å². The van der Waals surface area contributed by atoms with Crippen LogP contribution in [0.4, 0.5) is 10.5 Å². The molecule has 3 heterocycles. The molecule has 0 aliphatic carbocycles. The van der Waals surface area contributed by atoms with Crippen molar-refractivity contribution in [3.8, 4) is 0 Å². The second kappa shape index (κ2) is 7.30. The van der Waals surface area contributed by atoms with Crippen LogP contribution in [0.25, 0.3) is 11.1 Å². The number of nitrogens with zero attached hydrogens (tertiary/aromatic N) is 3. The van der Waals surface area contributed by atoms with Gasteiger partial charge in [0, 0.05) is 43.3 Å². The van der Waals surface area contributed by atoms with Gasteiger partial charge in [0.2, 0.25) is 0 Å². The maximum Gasteiger partial charge on any atom is 0.417 e.